The first-order chi connectivity index (χ1) is 10.1. The van der Waals surface area contributed by atoms with Gasteiger partial charge in [0.1, 0.15) is 5.69 Å². The van der Waals surface area contributed by atoms with Crippen LogP contribution in [0.4, 0.5) is 0 Å². The van der Waals surface area contributed by atoms with Crippen molar-refractivity contribution in [2.45, 2.75) is 12.8 Å². The summed E-state index contributed by atoms with van der Waals surface area (Å²) in [7, 11) is 0. The lowest BCUT2D eigenvalue weighted by Gasteiger charge is -2.09. The van der Waals surface area contributed by atoms with E-state index >= 15 is 0 Å². The zero-order valence-electron chi connectivity index (χ0n) is 11.3. The highest BCUT2D eigenvalue weighted by Gasteiger charge is 2.50. The smallest absolute Gasteiger partial charge is 0.311 e. The molecular weight excluding hydrogens is 270 g/mol. The maximum absolute atomic E-state index is 12.0. The molecule has 21 heavy (non-hydrogen) atoms. The normalized spacial score (nSPS) is 15.4. The van der Waals surface area contributed by atoms with E-state index in [4.69, 9.17) is 5.11 Å². The first-order valence-electron chi connectivity index (χ1n) is 6.73. The monoisotopic (exact) mass is 285 g/mol. The van der Waals surface area contributed by atoms with Crippen molar-refractivity contribution in [1.82, 2.24) is 15.5 Å². The van der Waals surface area contributed by atoms with Crippen LogP contribution >= 0.6 is 0 Å². The molecule has 1 saturated carbocycles. The highest BCUT2D eigenvalue weighted by Crippen LogP contribution is 2.45. The first kappa shape index (κ1) is 13.4. The molecule has 0 spiro atoms. The summed E-state index contributed by atoms with van der Waals surface area (Å²) in [4.78, 5) is 23.1. The van der Waals surface area contributed by atoms with Gasteiger partial charge in [0.25, 0.3) is 5.91 Å². The summed E-state index contributed by atoms with van der Waals surface area (Å²) in [5, 5.41) is 18.5. The Morgan fingerprint density at radius 2 is 2.00 bits per heavy atom. The number of aromatic amines is 1. The molecule has 0 aliphatic heterocycles. The van der Waals surface area contributed by atoms with Gasteiger partial charge in [-0.15, -0.1) is 0 Å². The number of aromatic nitrogens is 2. The summed E-state index contributed by atoms with van der Waals surface area (Å²) in [6.07, 6.45) is 1.22. The van der Waals surface area contributed by atoms with Crippen molar-refractivity contribution in [1.29, 1.82) is 0 Å². The van der Waals surface area contributed by atoms with Crippen LogP contribution in [0.2, 0.25) is 0 Å². The van der Waals surface area contributed by atoms with E-state index in [0.29, 0.717) is 24.2 Å². The molecule has 0 saturated heterocycles. The number of aliphatic carboxylic acids is 1. The molecule has 6 nitrogen and oxygen atoms in total. The minimum Gasteiger partial charge on any atom is -0.481 e. The van der Waals surface area contributed by atoms with Gasteiger partial charge >= 0.3 is 5.97 Å². The molecule has 0 unspecified atom stereocenters. The summed E-state index contributed by atoms with van der Waals surface area (Å²) in [6.45, 7) is 0.154. The summed E-state index contributed by atoms with van der Waals surface area (Å²) >= 11 is 0. The Balaban J connectivity index is 1.66. The van der Waals surface area contributed by atoms with Crippen LogP contribution in [-0.2, 0) is 4.79 Å². The standard InChI is InChI=1S/C15H15N3O3/c19-13(16-9-15(6-7-15)14(20)21)12-8-11(17-18-12)10-4-2-1-3-5-10/h1-5,8H,6-7,9H2,(H,16,19)(H,17,18)(H,20,21). The molecule has 1 fully saturated rings. The fourth-order valence-electron chi connectivity index (χ4n) is 2.16. The Morgan fingerprint density at radius 1 is 1.29 bits per heavy atom. The van der Waals surface area contributed by atoms with Crippen molar-refractivity contribution >= 4 is 11.9 Å². The van der Waals surface area contributed by atoms with Gasteiger partial charge in [0.15, 0.2) is 0 Å². The summed E-state index contributed by atoms with van der Waals surface area (Å²) in [5.41, 5.74) is 1.16. The molecule has 1 aliphatic rings. The van der Waals surface area contributed by atoms with E-state index < -0.39 is 11.4 Å². The van der Waals surface area contributed by atoms with E-state index in [-0.39, 0.29) is 12.5 Å². The summed E-state index contributed by atoms with van der Waals surface area (Å²) in [5.74, 6) is -1.19. The van der Waals surface area contributed by atoms with Crippen LogP contribution in [0.3, 0.4) is 0 Å². The van der Waals surface area contributed by atoms with Gasteiger partial charge in [-0.2, -0.15) is 5.10 Å². The van der Waals surface area contributed by atoms with Crippen LogP contribution in [0.1, 0.15) is 23.3 Å². The number of carbonyl (C=O) groups is 2. The first-order valence-corrected chi connectivity index (χ1v) is 6.73. The van der Waals surface area contributed by atoms with Gasteiger partial charge in [0, 0.05) is 12.1 Å². The van der Waals surface area contributed by atoms with Gasteiger partial charge < -0.3 is 10.4 Å². The maximum Gasteiger partial charge on any atom is 0.311 e. The van der Waals surface area contributed by atoms with Gasteiger partial charge in [-0.25, -0.2) is 0 Å². The number of nitrogens with one attached hydrogen (secondary N) is 2. The molecule has 0 atom stereocenters. The van der Waals surface area contributed by atoms with Gasteiger partial charge in [-0.05, 0) is 18.9 Å². The number of amides is 1. The van der Waals surface area contributed by atoms with Crippen molar-refractivity contribution in [3.63, 3.8) is 0 Å². The minimum atomic E-state index is -0.850. The van der Waals surface area contributed by atoms with E-state index in [0.717, 1.165) is 5.56 Å². The topological polar surface area (TPSA) is 95.1 Å². The average molecular weight is 285 g/mol. The van der Waals surface area contributed by atoms with Crippen molar-refractivity contribution < 1.29 is 14.7 Å². The number of hydrogen-bond acceptors (Lipinski definition) is 3. The molecule has 3 rings (SSSR count). The molecule has 1 heterocycles. The molecular formula is C15H15N3O3. The zero-order valence-corrected chi connectivity index (χ0v) is 11.3. The van der Waals surface area contributed by atoms with E-state index in [1.807, 2.05) is 30.3 Å². The van der Waals surface area contributed by atoms with Crippen molar-refractivity contribution in [2.24, 2.45) is 5.41 Å². The van der Waals surface area contributed by atoms with Gasteiger partial charge in [0.2, 0.25) is 0 Å². The van der Waals surface area contributed by atoms with Gasteiger partial charge in [-0.3, -0.25) is 14.7 Å². The molecule has 108 valence electrons. The van der Waals surface area contributed by atoms with E-state index in [1.54, 1.807) is 6.07 Å². The average Bonchev–Trinajstić information content (AvgIpc) is 3.14. The second kappa shape index (κ2) is 5.05. The SMILES string of the molecule is O=C(NCC1(C(=O)O)CC1)c1cc(-c2ccccc2)n[nH]1. The van der Waals surface area contributed by atoms with E-state index in [1.165, 1.54) is 0 Å². The summed E-state index contributed by atoms with van der Waals surface area (Å²) < 4.78 is 0. The molecule has 2 aromatic rings. The van der Waals surface area contributed by atoms with Crippen LogP contribution in [0, 0.1) is 5.41 Å². The Morgan fingerprint density at radius 3 is 2.62 bits per heavy atom. The molecule has 0 bridgehead atoms. The maximum atomic E-state index is 12.0. The van der Waals surface area contributed by atoms with Crippen LogP contribution in [-0.4, -0.2) is 33.7 Å². The zero-order chi connectivity index (χ0) is 14.9. The van der Waals surface area contributed by atoms with Crippen LogP contribution in [0.5, 0.6) is 0 Å². The van der Waals surface area contributed by atoms with Crippen molar-refractivity contribution in [3.05, 3.63) is 42.1 Å². The lowest BCUT2D eigenvalue weighted by atomic mass is 10.1. The predicted molar refractivity (Wildman–Crippen MR) is 75.7 cm³/mol. The molecule has 0 radical (unpaired) electrons. The Bertz CT molecular complexity index is 674. The summed E-state index contributed by atoms with van der Waals surface area (Å²) in [6, 6.07) is 11.2. The Hall–Kier alpha value is -2.63. The van der Waals surface area contributed by atoms with E-state index in [9.17, 15) is 9.59 Å². The van der Waals surface area contributed by atoms with Crippen LogP contribution in [0.15, 0.2) is 36.4 Å². The second-order valence-corrected chi connectivity index (χ2v) is 5.30. The van der Waals surface area contributed by atoms with Gasteiger partial charge in [-0.1, -0.05) is 30.3 Å². The number of benzene rings is 1. The fraction of sp³-hybridized carbons (Fsp3) is 0.267. The molecule has 1 amide bonds. The molecule has 1 aromatic carbocycles. The highest BCUT2D eigenvalue weighted by molar-refractivity contribution is 5.93. The molecule has 1 aliphatic carbocycles. The highest BCUT2D eigenvalue weighted by atomic mass is 16.4. The van der Waals surface area contributed by atoms with E-state index in [2.05, 4.69) is 15.5 Å². The lowest BCUT2D eigenvalue weighted by molar-refractivity contribution is -0.143. The predicted octanol–water partition coefficient (Wildman–Crippen LogP) is 1.67. The fourth-order valence-corrected chi connectivity index (χ4v) is 2.16. The molecule has 6 heteroatoms. The number of carbonyl (C=O) groups excluding carboxylic acids is 1. The quantitative estimate of drug-likeness (QED) is 0.778. The molecule has 3 N–H and O–H groups in total. The Labute approximate surface area is 121 Å². The second-order valence-electron chi connectivity index (χ2n) is 5.30. The number of nitrogens with zero attached hydrogens (tertiary/aromatic N) is 1. The number of hydrogen-bond donors (Lipinski definition) is 3. The molecule has 1 aromatic heterocycles. The number of rotatable bonds is 5. The van der Waals surface area contributed by atoms with Gasteiger partial charge in [0.05, 0.1) is 11.1 Å². The number of carboxylic acid groups (broad SMARTS) is 1. The van der Waals surface area contributed by atoms with Crippen molar-refractivity contribution in [3.8, 4) is 11.3 Å². The number of carboxylic acids is 1. The van der Waals surface area contributed by atoms with Crippen LogP contribution < -0.4 is 5.32 Å². The lowest BCUT2D eigenvalue weighted by Crippen LogP contribution is -2.34. The Kier molecular flexibility index (Phi) is 3.21. The largest absolute Gasteiger partial charge is 0.481 e. The third-order valence-electron chi connectivity index (χ3n) is 3.79. The minimum absolute atomic E-state index is 0.154. The van der Waals surface area contributed by atoms with Crippen LogP contribution in [0.25, 0.3) is 11.3 Å². The third kappa shape index (κ3) is 2.65. The van der Waals surface area contributed by atoms with Crippen molar-refractivity contribution in [2.75, 3.05) is 6.54 Å². The number of H-pyrrole nitrogens is 1. The third-order valence-corrected chi connectivity index (χ3v) is 3.79.